The number of methoxy groups -OCH3 is 2. The molecule has 0 atom stereocenters. The van der Waals surface area contributed by atoms with Crippen LogP contribution in [-0.2, 0) is 24.2 Å². The Bertz CT molecular complexity index is 1490. The Kier molecular flexibility index (Phi) is 8.62. The number of nitrogens with zero attached hydrogens (tertiary/aromatic N) is 3. The number of aromatic nitrogens is 2. The molecule has 4 aromatic rings. The lowest BCUT2D eigenvalue weighted by molar-refractivity contribution is 0.0744. The van der Waals surface area contributed by atoms with E-state index in [2.05, 4.69) is 10.1 Å². The molecule has 0 aliphatic rings. The summed E-state index contributed by atoms with van der Waals surface area (Å²) in [4.78, 5) is 4.28. The lowest BCUT2D eigenvalue weighted by atomic mass is 9.97. The summed E-state index contributed by atoms with van der Waals surface area (Å²) < 4.78 is 56.2. The Morgan fingerprint density at radius 2 is 1.87 bits per heavy atom. The molecule has 0 spiro atoms. The van der Waals surface area contributed by atoms with E-state index < -0.39 is 10.0 Å². The van der Waals surface area contributed by atoms with Crippen LogP contribution in [0.3, 0.4) is 0 Å². The molecule has 10 nitrogen and oxygen atoms in total. The highest BCUT2D eigenvalue weighted by Crippen LogP contribution is 2.36. The van der Waals surface area contributed by atoms with Crippen molar-refractivity contribution in [3.05, 3.63) is 78.0 Å². The summed E-state index contributed by atoms with van der Waals surface area (Å²) in [5.74, 6) is 0.536. The minimum Gasteiger partial charge on any atom is -0.504 e. The molecule has 0 saturated carbocycles. The molecule has 0 radical (unpaired) electrons. The fourth-order valence-electron chi connectivity index (χ4n) is 3.78. The van der Waals surface area contributed by atoms with Gasteiger partial charge in [0.15, 0.2) is 0 Å². The van der Waals surface area contributed by atoms with Crippen LogP contribution in [-0.4, -0.2) is 52.7 Å². The summed E-state index contributed by atoms with van der Waals surface area (Å²) in [5.41, 5.74) is 3.77. The number of anilines is 1. The highest BCUT2D eigenvalue weighted by molar-refractivity contribution is 7.93. The first-order valence-corrected chi connectivity index (χ1v) is 13.2. The van der Waals surface area contributed by atoms with Crippen molar-refractivity contribution in [2.75, 3.05) is 38.5 Å². The fourth-order valence-corrected chi connectivity index (χ4v) is 5.33. The minimum absolute atomic E-state index is 0.0692. The van der Waals surface area contributed by atoms with E-state index in [9.17, 15) is 8.42 Å². The third-order valence-corrected chi connectivity index (χ3v) is 7.62. The highest BCUT2D eigenvalue weighted by Gasteiger charge is 2.32. The zero-order chi connectivity index (χ0) is 27.1. The van der Waals surface area contributed by atoms with Crippen molar-refractivity contribution in [3.63, 3.8) is 0 Å². The molecule has 0 unspecified atom stereocenters. The summed E-state index contributed by atoms with van der Waals surface area (Å²) in [5, 5.41) is 3.95. The van der Waals surface area contributed by atoms with E-state index in [4.69, 9.17) is 23.2 Å². The number of hydrogen-bond acceptors (Lipinski definition) is 9. The van der Waals surface area contributed by atoms with Crippen molar-refractivity contribution in [1.82, 2.24) is 10.1 Å². The van der Waals surface area contributed by atoms with Gasteiger partial charge in [0.25, 0.3) is 10.0 Å². The second-order valence-electron chi connectivity index (χ2n) is 8.26. The standard InChI is InChI=1S/C27H29N3O7S/c1-19-20(2)29-37-27(19)30(18-35-16-15-34-4)38(31,32)25-8-6-5-7-24(25)23-10-9-22(26-28-12-14-36-26)17-21(23)11-13-33-3/h5-14,17H,15-16,18H2,1-4H3/b13-11+. The number of oxazole rings is 1. The predicted octanol–water partition coefficient (Wildman–Crippen LogP) is 5.05. The zero-order valence-electron chi connectivity index (χ0n) is 21.6. The average Bonchev–Trinajstić information content (AvgIpc) is 3.58. The molecular formula is C27H29N3O7S. The Hall–Kier alpha value is -3.93. The van der Waals surface area contributed by atoms with Gasteiger partial charge in [-0.2, -0.15) is 0 Å². The van der Waals surface area contributed by atoms with Gasteiger partial charge in [-0.15, -0.1) is 0 Å². The van der Waals surface area contributed by atoms with Gasteiger partial charge in [0.2, 0.25) is 11.8 Å². The van der Waals surface area contributed by atoms with E-state index >= 15 is 0 Å². The van der Waals surface area contributed by atoms with Gasteiger partial charge >= 0.3 is 0 Å². The van der Waals surface area contributed by atoms with E-state index in [1.165, 1.54) is 19.6 Å². The van der Waals surface area contributed by atoms with Gasteiger partial charge in [-0.05, 0) is 49.2 Å². The normalized spacial score (nSPS) is 11.8. The molecule has 0 saturated heterocycles. The third kappa shape index (κ3) is 5.64. The molecule has 11 heteroatoms. The Labute approximate surface area is 221 Å². The molecule has 2 aromatic heterocycles. The molecule has 38 heavy (non-hydrogen) atoms. The summed E-state index contributed by atoms with van der Waals surface area (Å²) in [6, 6.07) is 12.3. The van der Waals surface area contributed by atoms with Crippen molar-refractivity contribution in [2.45, 2.75) is 18.7 Å². The molecule has 0 fully saturated rings. The van der Waals surface area contributed by atoms with E-state index in [1.807, 2.05) is 18.2 Å². The minimum atomic E-state index is -4.17. The lowest BCUT2D eigenvalue weighted by Crippen LogP contribution is -2.34. The van der Waals surface area contributed by atoms with Crippen molar-refractivity contribution in [2.24, 2.45) is 0 Å². The summed E-state index contributed by atoms with van der Waals surface area (Å²) in [6.07, 6.45) is 6.32. The first-order chi connectivity index (χ1) is 18.4. The van der Waals surface area contributed by atoms with Gasteiger partial charge < -0.3 is 23.2 Å². The number of sulfonamides is 1. The number of aryl methyl sites for hydroxylation is 1. The van der Waals surface area contributed by atoms with Crippen LogP contribution >= 0.6 is 0 Å². The van der Waals surface area contributed by atoms with Gasteiger partial charge in [-0.1, -0.05) is 29.4 Å². The molecule has 0 N–H and O–H groups in total. The molecule has 0 aliphatic carbocycles. The van der Waals surface area contributed by atoms with Gasteiger partial charge in [0.1, 0.15) is 13.0 Å². The second kappa shape index (κ2) is 12.1. The van der Waals surface area contributed by atoms with E-state index in [0.29, 0.717) is 40.4 Å². The van der Waals surface area contributed by atoms with E-state index in [0.717, 1.165) is 9.87 Å². The van der Waals surface area contributed by atoms with E-state index in [-0.39, 0.29) is 24.1 Å². The average molecular weight is 540 g/mol. The largest absolute Gasteiger partial charge is 0.504 e. The first kappa shape index (κ1) is 27.1. The Morgan fingerprint density at radius 1 is 1.05 bits per heavy atom. The monoisotopic (exact) mass is 539 g/mol. The molecule has 4 rings (SSSR count). The van der Waals surface area contributed by atoms with Crippen LogP contribution in [0, 0.1) is 13.8 Å². The van der Waals surface area contributed by atoms with Crippen LogP contribution < -0.4 is 4.31 Å². The van der Waals surface area contributed by atoms with E-state index in [1.54, 1.807) is 57.5 Å². The van der Waals surface area contributed by atoms with Gasteiger partial charge in [0, 0.05) is 23.8 Å². The van der Waals surface area contributed by atoms with Crippen LogP contribution in [0.1, 0.15) is 16.8 Å². The molecular weight excluding hydrogens is 510 g/mol. The number of ether oxygens (including phenoxy) is 3. The maximum absolute atomic E-state index is 14.2. The third-order valence-electron chi connectivity index (χ3n) is 5.86. The summed E-state index contributed by atoms with van der Waals surface area (Å²) >= 11 is 0. The Balaban J connectivity index is 1.84. The number of rotatable bonds is 12. The van der Waals surface area contributed by atoms with Gasteiger partial charge in [-0.3, -0.25) is 0 Å². The fraction of sp³-hybridized carbons (Fsp3) is 0.259. The zero-order valence-corrected chi connectivity index (χ0v) is 22.4. The summed E-state index contributed by atoms with van der Waals surface area (Å²) in [6.45, 7) is 3.72. The topological polar surface area (TPSA) is 117 Å². The van der Waals surface area contributed by atoms with Crippen LogP contribution in [0.4, 0.5) is 5.88 Å². The Morgan fingerprint density at radius 3 is 2.55 bits per heavy atom. The first-order valence-electron chi connectivity index (χ1n) is 11.7. The van der Waals surface area contributed by atoms with Crippen LogP contribution in [0.2, 0.25) is 0 Å². The molecule has 200 valence electrons. The summed E-state index contributed by atoms with van der Waals surface area (Å²) in [7, 11) is -1.09. The highest BCUT2D eigenvalue weighted by atomic mass is 32.2. The van der Waals surface area contributed by atoms with Crippen LogP contribution in [0.5, 0.6) is 0 Å². The number of benzene rings is 2. The molecule has 0 bridgehead atoms. The van der Waals surface area contributed by atoms with Crippen molar-refractivity contribution in [1.29, 1.82) is 0 Å². The lowest BCUT2D eigenvalue weighted by Gasteiger charge is -2.23. The molecule has 2 heterocycles. The molecule has 2 aromatic carbocycles. The maximum atomic E-state index is 14.2. The number of hydrogen-bond donors (Lipinski definition) is 0. The van der Waals surface area contributed by atoms with Crippen LogP contribution in [0.15, 0.2) is 75.0 Å². The predicted molar refractivity (Wildman–Crippen MR) is 142 cm³/mol. The van der Waals surface area contributed by atoms with Crippen molar-refractivity contribution >= 4 is 22.0 Å². The van der Waals surface area contributed by atoms with Gasteiger partial charge in [0.05, 0.1) is 43.4 Å². The maximum Gasteiger partial charge on any atom is 0.269 e. The van der Waals surface area contributed by atoms with Crippen LogP contribution in [0.25, 0.3) is 28.7 Å². The smallest absolute Gasteiger partial charge is 0.269 e. The SMILES string of the molecule is CO/C=C/c1cc(-c2ncco2)ccc1-c1ccccc1S(=O)(=O)N(COCCOC)c1onc(C)c1C. The van der Waals surface area contributed by atoms with Crippen molar-refractivity contribution in [3.8, 4) is 22.6 Å². The quantitative estimate of drug-likeness (QED) is 0.138. The van der Waals surface area contributed by atoms with Gasteiger partial charge in [-0.25, -0.2) is 17.7 Å². The van der Waals surface area contributed by atoms with Crippen molar-refractivity contribution < 1.29 is 31.6 Å². The second-order valence-corrected chi connectivity index (χ2v) is 10.1. The molecule has 0 amide bonds. The molecule has 0 aliphatic heterocycles.